The average molecular weight is 180 g/mol. The molecule has 0 radical (unpaired) electrons. The van der Waals surface area contributed by atoms with E-state index in [9.17, 15) is 0 Å². The highest BCUT2D eigenvalue weighted by Gasteiger charge is 2.21. The predicted octanol–water partition coefficient (Wildman–Crippen LogP) is 2.27. The van der Waals surface area contributed by atoms with Crippen LogP contribution in [0.15, 0.2) is 0 Å². The van der Waals surface area contributed by atoms with Crippen LogP contribution in [0.2, 0.25) is 0 Å². The van der Waals surface area contributed by atoms with E-state index in [1.54, 1.807) is 0 Å². The van der Waals surface area contributed by atoms with Gasteiger partial charge in [-0.1, -0.05) is 6.92 Å². The summed E-state index contributed by atoms with van der Waals surface area (Å²) in [5.74, 6) is 0.950. The number of rotatable bonds is 2. The fraction of sp³-hybridized carbons (Fsp3) is 0.909. The smallest absolute Gasteiger partial charge is 0.0658 e. The lowest BCUT2D eigenvalue weighted by atomic mass is 9.86. The van der Waals surface area contributed by atoms with Crippen molar-refractivity contribution in [3.63, 3.8) is 0 Å². The Kier molecular flexibility index (Phi) is 4.24. The van der Waals surface area contributed by atoms with Crippen molar-refractivity contribution in [2.75, 3.05) is 20.1 Å². The number of hydrogen-bond donors (Lipinski definition) is 0. The Labute approximate surface area is 81.5 Å². The molecule has 2 nitrogen and oxygen atoms in total. The second-order valence-corrected chi connectivity index (χ2v) is 4.14. The van der Waals surface area contributed by atoms with Gasteiger partial charge in [0.1, 0.15) is 0 Å². The molecule has 2 atom stereocenters. The summed E-state index contributed by atoms with van der Waals surface area (Å²) in [6.45, 7) is 4.50. The largest absolute Gasteiger partial charge is 0.306 e. The van der Waals surface area contributed by atoms with Crippen LogP contribution in [0.3, 0.4) is 0 Å². The van der Waals surface area contributed by atoms with Gasteiger partial charge in [0, 0.05) is 5.92 Å². The van der Waals surface area contributed by atoms with Crippen molar-refractivity contribution in [2.24, 2.45) is 11.8 Å². The van der Waals surface area contributed by atoms with Crippen molar-refractivity contribution >= 4 is 0 Å². The van der Waals surface area contributed by atoms with Crippen LogP contribution in [0.1, 0.15) is 32.6 Å². The summed E-state index contributed by atoms with van der Waals surface area (Å²) in [4.78, 5) is 2.38. The summed E-state index contributed by atoms with van der Waals surface area (Å²) in [6.07, 6.45) is 4.74. The lowest BCUT2D eigenvalue weighted by Crippen LogP contribution is -2.20. The van der Waals surface area contributed by atoms with Crippen molar-refractivity contribution in [1.82, 2.24) is 4.90 Å². The molecule has 0 spiro atoms. The van der Waals surface area contributed by atoms with E-state index in [2.05, 4.69) is 24.9 Å². The number of nitriles is 1. The molecule has 13 heavy (non-hydrogen) atoms. The first-order valence-corrected chi connectivity index (χ1v) is 5.36. The minimum Gasteiger partial charge on any atom is -0.306 e. The fourth-order valence-corrected chi connectivity index (χ4v) is 2.20. The molecule has 2 unspecified atom stereocenters. The van der Waals surface area contributed by atoms with Crippen LogP contribution in [-0.4, -0.2) is 25.0 Å². The molecule has 0 aromatic carbocycles. The third kappa shape index (κ3) is 3.00. The van der Waals surface area contributed by atoms with Gasteiger partial charge < -0.3 is 4.90 Å². The molecule has 1 fully saturated rings. The molecule has 0 aliphatic carbocycles. The Morgan fingerprint density at radius 3 is 2.85 bits per heavy atom. The molecular weight excluding hydrogens is 160 g/mol. The molecule has 0 aromatic heterocycles. The van der Waals surface area contributed by atoms with Crippen LogP contribution in [0.4, 0.5) is 0 Å². The van der Waals surface area contributed by atoms with E-state index in [1.807, 2.05) is 0 Å². The first kappa shape index (κ1) is 10.5. The first-order chi connectivity index (χ1) is 6.27. The van der Waals surface area contributed by atoms with Gasteiger partial charge in [0.15, 0.2) is 0 Å². The minimum absolute atomic E-state index is 0.298. The summed E-state index contributed by atoms with van der Waals surface area (Å²) in [6, 6.07) is 2.45. The molecular formula is C11H20N2. The fourth-order valence-electron chi connectivity index (χ4n) is 2.20. The zero-order chi connectivity index (χ0) is 9.68. The Morgan fingerprint density at radius 2 is 2.23 bits per heavy atom. The topological polar surface area (TPSA) is 27.0 Å². The quantitative estimate of drug-likeness (QED) is 0.652. The first-order valence-electron chi connectivity index (χ1n) is 5.36. The van der Waals surface area contributed by atoms with Crippen molar-refractivity contribution in [2.45, 2.75) is 32.6 Å². The summed E-state index contributed by atoms with van der Waals surface area (Å²) in [5.41, 5.74) is 0. The van der Waals surface area contributed by atoms with Crippen molar-refractivity contribution < 1.29 is 0 Å². The molecule has 0 aromatic rings. The molecule has 1 heterocycles. The zero-order valence-electron chi connectivity index (χ0n) is 8.79. The highest BCUT2D eigenvalue weighted by Crippen LogP contribution is 2.26. The third-order valence-corrected chi connectivity index (χ3v) is 3.17. The van der Waals surface area contributed by atoms with Gasteiger partial charge in [0.25, 0.3) is 0 Å². The molecule has 1 saturated heterocycles. The summed E-state index contributed by atoms with van der Waals surface area (Å²) in [7, 11) is 2.18. The van der Waals surface area contributed by atoms with Gasteiger partial charge in [-0.05, 0) is 51.7 Å². The molecule has 74 valence electrons. The molecule has 0 N–H and O–H groups in total. The molecule has 0 bridgehead atoms. The molecule has 1 rings (SSSR count). The van der Waals surface area contributed by atoms with Gasteiger partial charge >= 0.3 is 0 Å². The van der Waals surface area contributed by atoms with Crippen molar-refractivity contribution in [3.8, 4) is 6.07 Å². The van der Waals surface area contributed by atoms with Gasteiger partial charge in [-0.25, -0.2) is 0 Å². The summed E-state index contributed by atoms with van der Waals surface area (Å²) >= 11 is 0. The highest BCUT2D eigenvalue weighted by molar-refractivity contribution is 4.88. The summed E-state index contributed by atoms with van der Waals surface area (Å²) in [5, 5.41) is 8.97. The standard InChI is InChI=1S/C11H20N2/c1-3-10(9-12)11-5-4-7-13(2)8-6-11/h10-11H,3-8H2,1-2H3. The monoisotopic (exact) mass is 180 g/mol. The number of likely N-dealkylation sites (tertiary alicyclic amines) is 1. The highest BCUT2D eigenvalue weighted by atomic mass is 15.1. The number of nitrogens with zero attached hydrogens (tertiary/aromatic N) is 2. The van der Waals surface area contributed by atoms with E-state index in [4.69, 9.17) is 5.26 Å². The molecule has 0 amide bonds. The lowest BCUT2D eigenvalue weighted by Gasteiger charge is -2.18. The zero-order valence-corrected chi connectivity index (χ0v) is 8.79. The van der Waals surface area contributed by atoms with E-state index < -0.39 is 0 Å². The second-order valence-electron chi connectivity index (χ2n) is 4.14. The normalized spacial score (nSPS) is 27.6. The van der Waals surface area contributed by atoms with E-state index in [0.717, 1.165) is 6.42 Å². The van der Waals surface area contributed by atoms with Gasteiger partial charge in [0.05, 0.1) is 6.07 Å². The van der Waals surface area contributed by atoms with E-state index >= 15 is 0 Å². The maximum absolute atomic E-state index is 8.97. The van der Waals surface area contributed by atoms with Crippen molar-refractivity contribution in [1.29, 1.82) is 5.26 Å². The Hall–Kier alpha value is -0.550. The van der Waals surface area contributed by atoms with Crippen LogP contribution >= 0.6 is 0 Å². The van der Waals surface area contributed by atoms with Crippen LogP contribution in [0.25, 0.3) is 0 Å². The Bertz CT molecular complexity index is 183. The van der Waals surface area contributed by atoms with Crippen LogP contribution in [0, 0.1) is 23.2 Å². The number of hydrogen-bond acceptors (Lipinski definition) is 2. The SMILES string of the molecule is CCC(C#N)C1CCCN(C)CC1. The van der Waals surface area contributed by atoms with Gasteiger partial charge in [-0.2, -0.15) is 5.26 Å². The maximum atomic E-state index is 8.97. The molecule has 2 heteroatoms. The van der Waals surface area contributed by atoms with Crippen LogP contribution < -0.4 is 0 Å². The summed E-state index contributed by atoms with van der Waals surface area (Å²) < 4.78 is 0. The average Bonchev–Trinajstić information content (AvgIpc) is 2.34. The maximum Gasteiger partial charge on any atom is 0.0658 e. The predicted molar refractivity (Wildman–Crippen MR) is 54.2 cm³/mol. The van der Waals surface area contributed by atoms with Crippen molar-refractivity contribution in [3.05, 3.63) is 0 Å². The van der Waals surface area contributed by atoms with E-state index in [1.165, 1.54) is 32.4 Å². The van der Waals surface area contributed by atoms with Gasteiger partial charge in [-0.15, -0.1) is 0 Å². The Balaban J connectivity index is 2.46. The Morgan fingerprint density at radius 1 is 1.46 bits per heavy atom. The van der Waals surface area contributed by atoms with E-state index in [-0.39, 0.29) is 0 Å². The second kappa shape index (κ2) is 5.24. The minimum atomic E-state index is 0.298. The van der Waals surface area contributed by atoms with Gasteiger partial charge in [0.2, 0.25) is 0 Å². The van der Waals surface area contributed by atoms with Gasteiger partial charge in [-0.3, -0.25) is 0 Å². The molecule has 1 aliphatic rings. The lowest BCUT2D eigenvalue weighted by molar-refractivity contribution is 0.320. The third-order valence-electron chi connectivity index (χ3n) is 3.17. The van der Waals surface area contributed by atoms with E-state index in [0.29, 0.717) is 11.8 Å². The van der Waals surface area contributed by atoms with Crippen LogP contribution in [0.5, 0.6) is 0 Å². The van der Waals surface area contributed by atoms with Crippen LogP contribution in [-0.2, 0) is 0 Å². The molecule has 1 aliphatic heterocycles. The molecule has 0 saturated carbocycles.